The lowest BCUT2D eigenvalue weighted by Crippen LogP contribution is -1.95. The van der Waals surface area contributed by atoms with E-state index >= 15 is 0 Å². The molecule has 0 aliphatic heterocycles. The molecule has 7 heteroatoms. The molecule has 1 rings (SSSR count). The minimum Gasteiger partial charge on any atom is -0.497 e. The molecule has 0 spiro atoms. The molecule has 0 atom stereocenters. The minimum absolute atomic E-state index is 0.000208. The zero-order valence-corrected chi connectivity index (χ0v) is 9.95. The Hall–Kier alpha value is -2.07. The first-order valence-corrected chi connectivity index (χ1v) is 6.28. The lowest BCUT2D eigenvalue weighted by Gasteiger charge is -2.00. The fourth-order valence-electron chi connectivity index (χ4n) is 1.05. The van der Waals surface area contributed by atoms with Gasteiger partial charge in [-0.15, -0.1) is 0 Å². The van der Waals surface area contributed by atoms with Gasteiger partial charge in [-0.2, -0.15) is 0 Å². The summed E-state index contributed by atoms with van der Waals surface area (Å²) in [6.45, 7) is 0. The normalized spacial score (nSPS) is 10.2. The molecule has 90 valence electrons. The zero-order chi connectivity index (χ0) is 13.1. The van der Waals surface area contributed by atoms with Gasteiger partial charge in [-0.1, -0.05) is 0 Å². The van der Waals surface area contributed by atoms with Crippen molar-refractivity contribution in [3.05, 3.63) is 33.9 Å². The topological polar surface area (TPSA) is 86.5 Å². The lowest BCUT2D eigenvalue weighted by atomic mass is 10.2. The molecule has 0 fully saturated rings. The number of rotatable bonds is 2. The van der Waals surface area contributed by atoms with Crippen LogP contribution >= 0.6 is 0 Å². The van der Waals surface area contributed by atoms with Crippen LogP contribution in [0.2, 0.25) is 0 Å². The second kappa shape index (κ2) is 4.84. The Balaban J connectivity index is 3.36. The molecule has 0 aliphatic rings. The van der Waals surface area contributed by atoms with Crippen LogP contribution in [0, 0.1) is 21.3 Å². The van der Waals surface area contributed by atoms with Crippen LogP contribution in [0.5, 0.6) is 5.75 Å². The number of benzene rings is 1. The van der Waals surface area contributed by atoms with E-state index in [9.17, 15) is 18.5 Å². The van der Waals surface area contributed by atoms with Gasteiger partial charge in [-0.25, -0.2) is 8.42 Å². The maximum atomic E-state index is 10.9. The summed E-state index contributed by atoms with van der Waals surface area (Å²) in [5.74, 6) is 2.62. The first kappa shape index (κ1) is 13.0. The lowest BCUT2D eigenvalue weighted by molar-refractivity contribution is -0.385. The van der Waals surface area contributed by atoms with E-state index in [4.69, 9.17) is 4.74 Å². The van der Waals surface area contributed by atoms with E-state index in [1.807, 2.05) is 5.25 Å². The van der Waals surface area contributed by atoms with Gasteiger partial charge >= 0.3 is 0 Å². The summed E-state index contributed by atoms with van der Waals surface area (Å²) in [5, 5.41) is 12.6. The Morgan fingerprint density at radius 3 is 2.53 bits per heavy atom. The van der Waals surface area contributed by atoms with Crippen molar-refractivity contribution in [3.8, 4) is 16.9 Å². The maximum Gasteiger partial charge on any atom is 0.285 e. The Kier molecular flexibility index (Phi) is 3.70. The number of sulfone groups is 1. The van der Waals surface area contributed by atoms with Crippen LogP contribution in [0.15, 0.2) is 18.2 Å². The van der Waals surface area contributed by atoms with Crippen molar-refractivity contribution < 1.29 is 18.1 Å². The van der Waals surface area contributed by atoms with Gasteiger partial charge in [0.15, 0.2) is 0 Å². The van der Waals surface area contributed by atoms with E-state index in [1.165, 1.54) is 25.3 Å². The summed E-state index contributed by atoms with van der Waals surface area (Å²) in [6.07, 6.45) is 0.923. The second-order valence-corrected chi connectivity index (χ2v) is 4.89. The van der Waals surface area contributed by atoms with Crippen LogP contribution in [0.3, 0.4) is 0 Å². The number of methoxy groups -OCH3 is 1. The third kappa shape index (κ3) is 3.77. The van der Waals surface area contributed by atoms with E-state index in [1.54, 1.807) is 0 Å². The molecule has 0 saturated heterocycles. The molecule has 1 aromatic rings. The Bertz CT molecular complexity index is 609. The SMILES string of the molecule is COc1ccc([N+](=O)[O-])c(C#CS(C)(=O)=O)c1. The number of hydrogen-bond donors (Lipinski definition) is 0. The van der Waals surface area contributed by atoms with Gasteiger partial charge in [-0.3, -0.25) is 10.1 Å². The summed E-state index contributed by atoms with van der Waals surface area (Å²) in [4.78, 5) is 10.1. The number of hydrogen-bond acceptors (Lipinski definition) is 5. The molecule has 0 N–H and O–H groups in total. The van der Waals surface area contributed by atoms with Crippen LogP contribution in [-0.2, 0) is 9.84 Å². The maximum absolute atomic E-state index is 10.9. The monoisotopic (exact) mass is 255 g/mol. The van der Waals surface area contributed by atoms with Crippen LogP contribution in [0.25, 0.3) is 0 Å². The molecule has 0 amide bonds. The molecule has 0 bridgehead atoms. The van der Waals surface area contributed by atoms with Crippen molar-refractivity contribution in [1.82, 2.24) is 0 Å². The van der Waals surface area contributed by atoms with Crippen molar-refractivity contribution in [2.24, 2.45) is 0 Å². The largest absolute Gasteiger partial charge is 0.497 e. The highest BCUT2D eigenvalue weighted by molar-refractivity contribution is 7.95. The fraction of sp³-hybridized carbons (Fsp3) is 0.200. The van der Waals surface area contributed by atoms with Crippen LogP contribution < -0.4 is 4.74 Å². The summed E-state index contributed by atoms with van der Waals surface area (Å²) in [6, 6.07) is 3.94. The molecule has 0 aromatic heterocycles. The molecule has 0 radical (unpaired) electrons. The molecule has 17 heavy (non-hydrogen) atoms. The van der Waals surface area contributed by atoms with Crippen LogP contribution in [0.4, 0.5) is 5.69 Å². The Morgan fingerprint density at radius 2 is 2.06 bits per heavy atom. The highest BCUT2D eigenvalue weighted by Crippen LogP contribution is 2.22. The summed E-state index contributed by atoms with van der Waals surface area (Å²) < 4.78 is 26.6. The second-order valence-electron chi connectivity index (χ2n) is 3.14. The van der Waals surface area contributed by atoms with Gasteiger partial charge in [0.1, 0.15) is 11.3 Å². The van der Waals surface area contributed by atoms with Gasteiger partial charge in [-0.05, 0) is 12.0 Å². The average molecular weight is 255 g/mol. The van der Waals surface area contributed by atoms with Crippen LogP contribution in [-0.4, -0.2) is 26.7 Å². The Labute approximate surface area is 98.3 Å². The minimum atomic E-state index is -3.51. The van der Waals surface area contributed by atoms with E-state index < -0.39 is 14.8 Å². The summed E-state index contributed by atoms with van der Waals surface area (Å²) >= 11 is 0. The molecular formula is C10H9NO5S. The van der Waals surface area contributed by atoms with E-state index in [0.717, 1.165) is 6.26 Å². The molecule has 6 nitrogen and oxygen atoms in total. The van der Waals surface area contributed by atoms with Gasteiger partial charge in [0, 0.05) is 17.4 Å². The first-order chi connectivity index (χ1) is 7.83. The highest BCUT2D eigenvalue weighted by Gasteiger charge is 2.13. The number of nitro benzene ring substituents is 1. The zero-order valence-electron chi connectivity index (χ0n) is 9.13. The molecular weight excluding hydrogens is 246 g/mol. The number of ether oxygens (including phenoxy) is 1. The summed E-state index contributed by atoms with van der Waals surface area (Å²) in [5.41, 5.74) is -0.262. The molecule has 0 saturated carbocycles. The van der Waals surface area contributed by atoms with Gasteiger partial charge in [0.05, 0.1) is 18.3 Å². The smallest absolute Gasteiger partial charge is 0.285 e. The van der Waals surface area contributed by atoms with Gasteiger partial charge in [0.25, 0.3) is 5.69 Å². The van der Waals surface area contributed by atoms with Crippen molar-refractivity contribution in [2.75, 3.05) is 13.4 Å². The van der Waals surface area contributed by atoms with Crippen molar-refractivity contribution >= 4 is 15.5 Å². The third-order valence-corrected chi connectivity index (χ3v) is 2.24. The number of nitrogens with zero attached hydrogens (tertiary/aromatic N) is 1. The third-order valence-electron chi connectivity index (χ3n) is 1.77. The predicted octanol–water partition coefficient (Wildman–Crippen LogP) is 0.957. The molecule has 0 unspecified atom stereocenters. The van der Waals surface area contributed by atoms with Crippen LogP contribution in [0.1, 0.15) is 5.56 Å². The molecule has 0 heterocycles. The van der Waals surface area contributed by atoms with Crippen molar-refractivity contribution in [3.63, 3.8) is 0 Å². The molecule has 0 aliphatic carbocycles. The molecule has 1 aromatic carbocycles. The first-order valence-electron chi connectivity index (χ1n) is 4.38. The average Bonchev–Trinajstić information content (AvgIpc) is 2.24. The standard InChI is InChI=1S/C10H9NO5S/c1-16-9-3-4-10(11(12)13)8(7-9)5-6-17(2,14)15/h3-4,7H,1-2H3. The predicted molar refractivity (Wildman–Crippen MR) is 61.4 cm³/mol. The van der Waals surface area contributed by atoms with Gasteiger partial charge in [0.2, 0.25) is 9.84 Å². The fourth-order valence-corrected chi connectivity index (χ4v) is 1.34. The quantitative estimate of drug-likeness (QED) is 0.446. The van der Waals surface area contributed by atoms with Gasteiger partial charge < -0.3 is 4.74 Å². The van der Waals surface area contributed by atoms with E-state index in [-0.39, 0.29) is 11.3 Å². The van der Waals surface area contributed by atoms with E-state index in [2.05, 4.69) is 5.92 Å². The highest BCUT2D eigenvalue weighted by atomic mass is 32.2. The van der Waals surface area contributed by atoms with Crippen molar-refractivity contribution in [2.45, 2.75) is 0 Å². The number of nitro groups is 1. The Morgan fingerprint density at radius 1 is 1.41 bits per heavy atom. The summed E-state index contributed by atoms with van der Waals surface area (Å²) in [7, 11) is -2.11. The van der Waals surface area contributed by atoms with Crippen molar-refractivity contribution in [1.29, 1.82) is 0 Å². The van der Waals surface area contributed by atoms with E-state index in [0.29, 0.717) is 5.75 Å².